The van der Waals surface area contributed by atoms with E-state index >= 15 is 0 Å². The fraction of sp³-hybridized carbons (Fsp3) is 0.323. The Bertz CT molecular complexity index is 1460. The summed E-state index contributed by atoms with van der Waals surface area (Å²) in [6.07, 6.45) is -3.29. The van der Waals surface area contributed by atoms with E-state index in [2.05, 4.69) is 10.3 Å². The molecule has 1 fully saturated rings. The van der Waals surface area contributed by atoms with Crippen molar-refractivity contribution in [1.82, 2.24) is 0 Å². The van der Waals surface area contributed by atoms with Gasteiger partial charge in [0.1, 0.15) is 11.0 Å². The highest BCUT2D eigenvalue weighted by atomic mass is 32.2. The van der Waals surface area contributed by atoms with Crippen molar-refractivity contribution >= 4 is 40.1 Å². The molecule has 3 aromatic rings. The van der Waals surface area contributed by atoms with Gasteiger partial charge >= 0.3 is 6.18 Å². The number of rotatable bonds is 11. The van der Waals surface area contributed by atoms with Crippen molar-refractivity contribution < 1.29 is 37.0 Å². The lowest BCUT2D eigenvalue weighted by Crippen LogP contribution is -2.31. The van der Waals surface area contributed by atoms with Crippen LogP contribution in [0, 0.1) is 0 Å². The van der Waals surface area contributed by atoms with E-state index in [1.54, 1.807) is 30.3 Å². The second kappa shape index (κ2) is 14.3. The van der Waals surface area contributed by atoms with Gasteiger partial charge in [-0.15, -0.1) is 0 Å². The van der Waals surface area contributed by atoms with E-state index < -0.39 is 22.9 Å². The first-order valence-corrected chi connectivity index (χ1v) is 14.5. The lowest BCUT2D eigenvalue weighted by atomic mass is 10.1. The third-order valence-corrected chi connectivity index (χ3v) is 7.58. The van der Waals surface area contributed by atoms with Crippen molar-refractivity contribution in [3.8, 4) is 17.2 Å². The molecule has 0 aromatic heterocycles. The number of carbonyl (C=O) groups excluding carboxylic acids is 2. The molecule has 0 spiro atoms. The quantitative estimate of drug-likeness (QED) is 0.148. The maximum Gasteiger partial charge on any atom is 0.416 e. The van der Waals surface area contributed by atoms with Gasteiger partial charge in [-0.25, -0.2) is 4.90 Å². The van der Waals surface area contributed by atoms with Crippen LogP contribution in [0.1, 0.15) is 30.9 Å². The van der Waals surface area contributed by atoms with Crippen molar-refractivity contribution in [2.24, 2.45) is 4.99 Å². The predicted octanol–water partition coefficient (Wildman–Crippen LogP) is 6.59. The number of amides is 2. The number of methoxy groups -OCH3 is 2. The van der Waals surface area contributed by atoms with Crippen LogP contribution in [0.3, 0.4) is 0 Å². The smallest absolute Gasteiger partial charge is 0.416 e. The minimum Gasteiger partial charge on any atom is -0.494 e. The number of aliphatic imine (C=N–C) groups is 1. The summed E-state index contributed by atoms with van der Waals surface area (Å²) < 4.78 is 56.2. The van der Waals surface area contributed by atoms with E-state index in [4.69, 9.17) is 14.2 Å². The van der Waals surface area contributed by atoms with Gasteiger partial charge in [0.2, 0.25) is 11.8 Å². The molecule has 0 radical (unpaired) electrons. The normalized spacial score (nSPS) is 15.5. The molecule has 12 heteroatoms. The number of imide groups is 1. The Morgan fingerprint density at radius 2 is 1.77 bits per heavy atom. The fourth-order valence-corrected chi connectivity index (χ4v) is 5.38. The molecule has 1 N–H and O–H groups in total. The van der Waals surface area contributed by atoms with Crippen LogP contribution in [0.4, 0.5) is 24.5 Å². The number of carbonyl (C=O) groups is 2. The summed E-state index contributed by atoms with van der Waals surface area (Å²) in [5.41, 5.74) is 0.648. The highest BCUT2D eigenvalue weighted by molar-refractivity contribution is 8.15. The van der Waals surface area contributed by atoms with Crippen LogP contribution in [-0.2, 0) is 22.2 Å². The molecule has 2 amide bonds. The predicted molar refractivity (Wildman–Crippen MR) is 161 cm³/mol. The molecule has 1 saturated heterocycles. The van der Waals surface area contributed by atoms with Crippen LogP contribution in [-0.4, -0.2) is 49.6 Å². The number of halogens is 3. The molecule has 0 aliphatic carbocycles. The molecule has 8 nitrogen and oxygen atoms in total. The lowest BCUT2D eigenvalue weighted by molar-refractivity contribution is -0.137. The largest absolute Gasteiger partial charge is 0.494 e. The molecule has 3 aromatic carbocycles. The summed E-state index contributed by atoms with van der Waals surface area (Å²) in [6.45, 7) is 2.79. The third-order valence-electron chi connectivity index (χ3n) is 6.47. The van der Waals surface area contributed by atoms with E-state index in [0.717, 1.165) is 40.8 Å². The van der Waals surface area contributed by atoms with Gasteiger partial charge < -0.3 is 19.5 Å². The number of nitrogens with one attached hydrogen (secondary N) is 1. The Balaban J connectivity index is 1.53. The number of ether oxygens (including phenoxy) is 3. The van der Waals surface area contributed by atoms with Crippen LogP contribution < -0.4 is 24.4 Å². The van der Waals surface area contributed by atoms with Crippen LogP contribution in [0.25, 0.3) is 0 Å². The molecule has 43 heavy (non-hydrogen) atoms. The van der Waals surface area contributed by atoms with Crippen molar-refractivity contribution in [2.75, 3.05) is 37.6 Å². The second-order valence-electron chi connectivity index (χ2n) is 9.55. The van der Waals surface area contributed by atoms with Gasteiger partial charge in [-0.3, -0.25) is 14.6 Å². The zero-order chi connectivity index (χ0) is 31.0. The Labute approximate surface area is 252 Å². The zero-order valence-electron chi connectivity index (χ0n) is 23.9. The standard InChI is InChI=1S/C31H32F3N3O5S/c1-4-16-42-24-11-9-23(10-12-24)37-28(38)19-27(29(37)39)43-30(36-22-7-5-6-21(18-22)31(32,33)34)35-15-14-20-8-13-25(40-2)26(17-20)41-3/h5-13,17-18,27H,4,14-16,19H2,1-3H3,(H,35,36)/t27-/m0/s1. The minimum absolute atomic E-state index is 0.0868. The maximum atomic E-state index is 13.4. The van der Waals surface area contributed by atoms with E-state index in [-0.39, 0.29) is 29.7 Å². The first kappa shape index (κ1) is 31.7. The summed E-state index contributed by atoms with van der Waals surface area (Å²) in [5, 5.41) is 2.33. The highest BCUT2D eigenvalue weighted by Crippen LogP contribution is 2.34. The van der Waals surface area contributed by atoms with Crippen molar-refractivity contribution in [2.45, 2.75) is 37.6 Å². The number of amidine groups is 1. The van der Waals surface area contributed by atoms with Crippen LogP contribution in [0.2, 0.25) is 0 Å². The number of hydrogen-bond donors (Lipinski definition) is 1. The summed E-state index contributed by atoms with van der Waals surface area (Å²) in [4.78, 5) is 32.0. The van der Waals surface area contributed by atoms with Crippen molar-refractivity contribution in [3.05, 3.63) is 77.9 Å². The molecule has 0 saturated carbocycles. The van der Waals surface area contributed by atoms with E-state index in [1.165, 1.54) is 26.4 Å². The van der Waals surface area contributed by atoms with E-state index in [1.807, 2.05) is 19.1 Å². The molecule has 0 unspecified atom stereocenters. The lowest BCUT2D eigenvalue weighted by Gasteiger charge is -2.17. The number of anilines is 2. The molecule has 1 aliphatic rings. The second-order valence-corrected chi connectivity index (χ2v) is 10.7. The van der Waals surface area contributed by atoms with Gasteiger partial charge in [0, 0.05) is 18.7 Å². The maximum absolute atomic E-state index is 13.4. The molecular formula is C31H32F3N3O5S. The average Bonchev–Trinajstić information content (AvgIpc) is 3.27. The SMILES string of the molecule is CCCOc1ccc(N2C(=O)C[C@H](SC(=NCCc3ccc(OC)c(OC)c3)Nc3cccc(C(F)(F)F)c3)C2=O)cc1. The summed E-state index contributed by atoms with van der Waals surface area (Å²) in [6, 6.07) is 16.9. The Morgan fingerprint density at radius 3 is 2.44 bits per heavy atom. The number of thioether (sulfide) groups is 1. The summed E-state index contributed by atoms with van der Waals surface area (Å²) >= 11 is 1.01. The topological polar surface area (TPSA) is 89.5 Å². The van der Waals surface area contributed by atoms with Crippen LogP contribution >= 0.6 is 11.8 Å². The van der Waals surface area contributed by atoms with Gasteiger partial charge in [-0.1, -0.05) is 30.8 Å². The molecule has 1 aliphatic heterocycles. The molecular weight excluding hydrogens is 583 g/mol. The van der Waals surface area contributed by atoms with Crippen molar-refractivity contribution in [1.29, 1.82) is 0 Å². The summed E-state index contributed by atoms with van der Waals surface area (Å²) in [7, 11) is 3.07. The molecule has 228 valence electrons. The number of benzene rings is 3. The van der Waals surface area contributed by atoms with Gasteiger partial charge in [-0.2, -0.15) is 13.2 Å². The molecule has 1 heterocycles. The molecule has 0 bridgehead atoms. The Morgan fingerprint density at radius 1 is 1.02 bits per heavy atom. The Hall–Kier alpha value is -4.19. The van der Waals surface area contributed by atoms with E-state index in [0.29, 0.717) is 36.0 Å². The third kappa shape index (κ3) is 8.22. The average molecular weight is 616 g/mol. The number of alkyl halides is 3. The van der Waals surface area contributed by atoms with Crippen LogP contribution in [0.5, 0.6) is 17.2 Å². The molecule has 4 rings (SSSR count). The fourth-order valence-electron chi connectivity index (χ4n) is 4.34. The number of nitrogens with zero attached hydrogens (tertiary/aromatic N) is 2. The van der Waals surface area contributed by atoms with Gasteiger partial charge in [0.15, 0.2) is 16.7 Å². The first-order chi connectivity index (χ1) is 20.6. The van der Waals surface area contributed by atoms with Crippen LogP contribution in [0.15, 0.2) is 71.7 Å². The molecule has 1 atom stereocenters. The number of hydrogen-bond acceptors (Lipinski definition) is 7. The zero-order valence-corrected chi connectivity index (χ0v) is 24.8. The minimum atomic E-state index is -4.53. The van der Waals surface area contributed by atoms with Gasteiger partial charge in [-0.05, 0) is 73.0 Å². The summed E-state index contributed by atoms with van der Waals surface area (Å²) in [5.74, 6) is 0.948. The Kier molecular flexibility index (Phi) is 10.6. The highest BCUT2D eigenvalue weighted by Gasteiger charge is 2.41. The monoisotopic (exact) mass is 615 g/mol. The first-order valence-electron chi connectivity index (χ1n) is 13.6. The van der Waals surface area contributed by atoms with Gasteiger partial charge in [0.25, 0.3) is 0 Å². The van der Waals surface area contributed by atoms with Gasteiger partial charge in [0.05, 0.1) is 32.1 Å². The van der Waals surface area contributed by atoms with Crippen molar-refractivity contribution in [3.63, 3.8) is 0 Å². The van der Waals surface area contributed by atoms with E-state index in [9.17, 15) is 22.8 Å².